The number of isocyanates is 2. The van der Waals surface area contributed by atoms with Crippen LogP contribution in [0, 0.1) is 16.6 Å². The van der Waals surface area contributed by atoms with Crippen LogP contribution in [0.4, 0.5) is 4.39 Å². The van der Waals surface area contributed by atoms with Gasteiger partial charge in [-0.25, -0.2) is 24.8 Å². The van der Waals surface area contributed by atoms with E-state index in [-0.39, 0.29) is 5.82 Å². The summed E-state index contributed by atoms with van der Waals surface area (Å²) in [5.74, 6) is -0.178. The van der Waals surface area contributed by atoms with Gasteiger partial charge in [0.25, 0.3) is 0 Å². The van der Waals surface area contributed by atoms with Crippen molar-refractivity contribution in [3.05, 3.63) is 36.1 Å². The monoisotopic (exact) mass is 182 g/mol. The highest BCUT2D eigenvalue weighted by molar-refractivity contribution is 5.26. The zero-order valence-corrected chi connectivity index (χ0v) is 6.58. The predicted octanol–water partition coefficient (Wildman–Crippen LogP) is 1.63. The molecule has 0 saturated carbocycles. The average Bonchev–Trinajstić information content (AvgIpc) is 2.08. The molecular formula is C8H7FN2O2. The molecule has 0 saturated heterocycles. The molecule has 0 unspecified atom stereocenters. The maximum Gasteiger partial charge on any atom is 0.231 e. The van der Waals surface area contributed by atoms with Crippen LogP contribution in [0.15, 0.2) is 30.3 Å². The summed E-state index contributed by atoms with van der Waals surface area (Å²) < 4.78 is 11.9. The van der Waals surface area contributed by atoms with Crippen LogP contribution in [-0.4, -0.2) is 12.2 Å². The van der Waals surface area contributed by atoms with Crippen molar-refractivity contribution in [2.75, 3.05) is 0 Å². The van der Waals surface area contributed by atoms with Gasteiger partial charge in [0.15, 0.2) is 0 Å². The van der Waals surface area contributed by atoms with E-state index in [4.69, 9.17) is 20.4 Å². The van der Waals surface area contributed by atoms with Crippen molar-refractivity contribution in [3.8, 4) is 0 Å². The lowest BCUT2D eigenvalue weighted by molar-refractivity contribution is 0.562. The van der Waals surface area contributed by atoms with E-state index in [9.17, 15) is 4.39 Å². The molecule has 1 rings (SSSR count). The van der Waals surface area contributed by atoms with E-state index in [1.807, 2.05) is 0 Å². The quantitative estimate of drug-likeness (QED) is 0.472. The van der Waals surface area contributed by atoms with Gasteiger partial charge >= 0.3 is 0 Å². The van der Waals surface area contributed by atoms with Gasteiger partial charge in [0, 0.05) is 0 Å². The molecule has 0 amide bonds. The largest absolute Gasteiger partial charge is 0.231 e. The minimum Gasteiger partial charge on any atom is -0.222 e. The second kappa shape index (κ2) is 12.6. The molecular weight excluding hydrogens is 175 g/mol. The summed E-state index contributed by atoms with van der Waals surface area (Å²) in [6.45, 7) is 0. The number of benzene rings is 1. The highest BCUT2D eigenvalue weighted by Crippen LogP contribution is 1.91. The van der Waals surface area contributed by atoms with Gasteiger partial charge in [0.2, 0.25) is 12.2 Å². The van der Waals surface area contributed by atoms with Crippen LogP contribution < -0.4 is 0 Å². The Labute approximate surface area is 74.0 Å². The smallest absolute Gasteiger partial charge is 0.222 e. The minimum atomic E-state index is -0.178. The number of nitrogens with one attached hydrogen (secondary N) is 2. The van der Waals surface area contributed by atoms with Gasteiger partial charge in [-0.05, 0) is 12.1 Å². The Morgan fingerprint density at radius 1 is 1.00 bits per heavy atom. The van der Waals surface area contributed by atoms with Gasteiger partial charge < -0.3 is 0 Å². The lowest BCUT2D eigenvalue weighted by Crippen LogP contribution is -1.63. The third-order valence-electron chi connectivity index (χ3n) is 0.733. The molecule has 0 fully saturated rings. The number of hydrogen-bond acceptors (Lipinski definition) is 4. The molecule has 0 spiro atoms. The van der Waals surface area contributed by atoms with E-state index in [0.29, 0.717) is 0 Å². The first-order valence-electron chi connectivity index (χ1n) is 3.01. The van der Waals surface area contributed by atoms with Gasteiger partial charge in [-0.3, -0.25) is 0 Å². The Kier molecular flexibility index (Phi) is 13.1. The van der Waals surface area contributed by atoms with Crippen molar-refractivity contribution in [1.29, 1.82) is 10.8 Å². The molecule has 1 aromatic carbocycles. The number of carbonyl (C=O) groups excluding carboxylic acids is 2. The van der Waals surface area contributed by atoms with Crippen molar-refractivity contribution in [2.45, 2.75) is 0 Å². The summed E-state index contributed by atoms with van der Waals surface area (Å²) in [7, 11) is 0. The summed E-state index contributed by atoms with van der Waals surface area (Å²) in [4.78, 5) is 16.7. The van der Waals surface area contributed by atoms with E-state index in [1.165, 1.54) is 12.1 Å². The van der Waals surface area contributed by atoms with Crippen LogP contribution in [0.3, 0.4) is 0 Å². The maximum atomic E-state index is 11.9. The van der Waals surface area contributed by atoms with Crippen molar-refractivity contribution in [3.63, 3.8) is 0 Å². The van der Waals surface area contributed by atoms with Crippen molar-refractivity contribution < 1.29 is 14.0 Å². The number of halogens is 1. The second-order valence-electron chi connectivity index (χ2n) is 1.50. The first kappa shape index (κ1) is 13.5. The molecule has 1 aromatic rings. The van der Waals surface area contributed by atoms with Crippen molar-refractivity contribution in [1.82, 2.24) is 0 Å². The zero-order valence-electron chi connectivity index (χ0n) is 6.58. The normalized spacial score (nSPS) is 5.92. The van der Waals surface area contributed by atoms with Crippen LogP contribution in [0.2, 0.25) is 0 Å². The fourth-order valence-corrected chi connectivity index (χ4v) is 0.415. The zero-order chi connectivity index (χ0) is 10.5. The summed E-state index contributed by atoms with van der Waals surface area (Å²) in [6, 6.07) is 7.94. The Morgan fingerprint density at radius 2 is 1.31 bits per heavy atom. The molecule has 68 valence electrons. The summed E-state index contributed by atoms with van der Waals surface area (Å²) >= 11 is 0. The van der Waals surface area contributed by atoms with Gasteiger partial charge in [0.05, 0.1) is 0 Å². The number of rotatable bonds is 0. The summed E-state index contributed by atoms with van der Waals surface area (Å²) in [5, 5.41) is 10.8. The lowest BCUT2D eigenvalue weighted by atomic mass is 10.4. The molecule has 0 aliphatic heterocycles. The average molecular weight is 182 g/mol. The van der Waals surface area contributed by atoms with E-state index in [0.717, 1.165) is 12.2 Å². The number of hydrogen-bond donors (Lipinski definition) is 2. The molecule has 0 radical (unpaired) electrons. The molecule has 13 heavy (non-hydrogen) atoms. The second-order valence-corrected chi connectivity index (χ2v) is 1.50. The maximum absolute atomic E-state index is 11.9. The molecule has 0 atom stereocenters. The summed E-state index contributed by atoms with van der Waals surface area (Å²) in [5.41, 5.74) is 0. The Bertz CT molecular complexity index is 263. The summed E-state index contributed by atoms with van der Waals surface area (Å²) in [6.07, 6.45) is 1.50. The molecule has 5 heteroatoms. The first-order chi connectivity index (χ1) is 6.22. The van der Waals surface area contributed by atoms with Crippen LogP contribution in [0.25, 0.3) is 0 Å². The molecule has 0 aromatic heterocycles. The fourth-order valence-electron chi connectivity index (χ4n) is 0.415. The van der Waals surface area contributed by atoms with Gasteiger partial charge in [0.1, 0.15) is 5.82 Å². The van der Waals surface area contributed by atoms with Crippen LogP contribution >= 0.6 is 0 Å². The SMILES string of the molecule is Fc1ccccc1.N=C=O.N=C=O. The first-order valence-corrected chi connectivity index (χ1v) is 3.01. The van der Waals surface area contributed by atoms with E-state index >= 15 is 0 Å². The predicted molar refractivity (Wildman–Crippen MR) is 43.2 cm³/mol. The molecule has 0 aliphatic carbocycles. The fraction of sp³-hybridized carbons (Fsp3) is 0. The molecule has 0 aliphatic rings. The third-order valence-corrected chi connectivity index (χ3v) is 0.733. The lowest BCUT2D eigenvalue weighted by Gasteiger charge is -1.78. The van der Waals surface area contributed by atoms with E-state index in [2.05, 4.69) is 0 Å². The third kappa shape index (κ3) is 17.8. The van der Waals surface area contributed by atoms with Crippen LogP contribution in [-0.2, 0) is 9.59 Å². The molecule has 4 nitrogen and oxygen atoms in total. The molecule has 0 heterocycles. The van der Waals surface area contributed by atoms with Gasteiger partial charge in [-0.2, -0.15) is 0 Å². The standard InChI is InChI=1S/C6H5F.2CHNO/c7-6-4-2-1-3-5-6;2*2-1-3/h1-5H;2*2H. The van der Waals surface area contributed by atoms with Crippen LogP contribution in [0.1, 0.15) is 0 Å². The minimum absolute atomic E-state index is 0.178. The topological polar surface area (TPSA) is 81.8 Å². The van der Waals surface area contributed by atoms with Gasteiger partial charge in [-0.1, -0.05) is 18.2 Å². The van der Waals surface area contributed by atoms with E-state index in [1.54, 1.807) is 18.2 Å². The highest BCUT2D eigenvalue weighted by atomic mass is 19.1. The highest BCUT2D eigenvalue weighted by Gasteiger charge is 1.77. The van der Waals surface area contributed by atoms with E-state index < -0.39 is 0 Å². The van der Waals surface area contributed by atoms with Crippen molar-refractivity contribution >= 4 is 12.2 Å². The van der Waals surface area contributed by atoms with Gasteiger partial charge in [-0.15, -0.1) is 0 Å². The van der Waals surface area contributed by atoms with Crippen LogP contribution in [0.5, 0.6) is 0 Å². The Morgan fingerprint density at radius 3 is 1.46 bits per heavy atom. The molecule has 2 N–H and O–H groups in total. The Hall–Kier alpha value is -2.09. The Balaban J connectivity index is 0. The molecule has 0 bridgehead atoms. The van der Waals surface area contributed by atoms with Crippen molar-refractivity contribution in [2.24, 2.45) is 0 Å².